The lowest BCUT2D eigenvalue weighted by Gasteiger charge is -2.21. The Morgan fingerprint density at radius 1 is 1.38 bits per heavy atom. The summed E-state index contributed by atoms with van der Waals surface area (Å²) in [4.78, 5) is 8.29. The summed E-state index contributed by atoms with van der Waals surface area (Å²) in [5.74, 6) is 1.28. The molecule has 0 spiro atoms. The Bertz CT molecular complexity index is 377. The first-order valence-corrected chi connectivity index (χ1v) is 6.96. The molecule has 0 aliphatic carbocycles. The molecule has 88 valence electrons. The summed E-state index contributed by atoms with van der Waals surface area (Å²) < 4.78 is 12.1. The summed E-state index contributed by atoms with van der Waals surface area (Å²) in [6, 6.07) is 0. The first-order chi connectivity index (χ1) is 7.77. The molecule has 1 aromatic heterocycles. The number of nitrogens with zero attached hydrogens (tertiary/aromatic N) is 2. The van der Waals surface area contributed by atoms with Gasteiger partial charge >= 0.3 is 0 Å². The van der Waals surface area contributed by atoms with Gasteiger partial charge in [-0.05, 0) is 38.8 Å². The highest BCUT2D eigenvalue weighted by atomic mass is 32.2. The topological polar surface area (TPSA) is 54.9 Å². The average Bonchev–Trinajstić information content (AvgIpc) is 2.31. The first-order valence-electron chi connectivity index (χ1n) is 5.64. The van der Waals surface area contributed by atoms with Gasteiger partial charge in [-0.3, -0.25) is 9.19 Å². The zero-order valence-corrected chi connectivity index (χ0v) is 10.3. The van der Waals surface area contributed by atoms with E-state index >= 15 is 0 Å². The predicted octanol–water partition coefficient (Wildman–Crippen LogP) is 0.892. The zero-order chi connectivity index (χ0) is 11.4. The molecule has 5 heteroatoms. The lowest BCUT2D eigenvalue weighted by Crippen LogP contribution is -2.30. The molecule has 0 unspecified atom stereocenters. The number of aromatic nitrogens is 2. The molecule has 1 aromatic rings. The zero-order valence-electron chi connectivity index (χ0n) is 9.48. The molecule has 2 heterocycles. The van der Waals surface area contributed by atoms with Gasteiger partial charge in [0.15, 0.2) is 0 Å². The second-order valence-electron chi connectivity index (χ2n) is 4.15. The summed E-state index contributed by atoms with van der Waals surface area (Å²) in [5.41, 5.74) is 0.787. The lowest BCUT2D eigenvalue weighted by atomic mass is 10.0. The molecule has 16 heavy (non-hydrogen) atoms. The van der Waals surface area contributed by atoms with E-state index in [1.807, 2.05) is 6.92 Å². The average molecular weight is 239 g/mol. The first kappa shape index (κ1) is 11.7. The molecule has 0 aromatic carbocycles. The van der Waals surface area contributed by atoms with Crippen LogP contribution in [0.25, 0.3) is 0 Å². The van der Waals surface area contributed by atoms with Crippen LogP contribution in [-0.2, 0) is 10.8 Å². The van der Waals surface area contributed by atoms with Crippen LogP contribution in [0.15, 0.2) is 17.4 Å². The standard InChI is InChI=1S/C11H17N3OS/c1-9-11(14-7-6-13-9)16(15)8-10-2-4-12-5-3-10/h6-7,10,12H,2-5,8H2,1H3/t16-/m1/s1. The number of nitrogens with one attached hydrogen (secondary N) is 1. The third-order valence-corrected chi connectivity index (χ3v) is 4.50. The van der Waals surface area contributed by atoms with Gasteiger partial charge in [0.05, 0.1) is 16.5 Å². The van der Waals surface area contributed by atoms with Crippen molar-refractivity contribution < 1.29 is 4.21 Å². The van der Waals surface area contributed by atoms with Crippen molar-refractivity contribution >= 4 is 10.8 Å². The van der Waals surface area contributed by atoms with Gasteiger partial charge in [-0.2, -0.15) is 0 Å². The molecule has 0 bridgehead atoms. The van der Waals surface area contributed by atoms with Gasteiger partial charge in [-0.1, -0.05) is 0 Å². The van der Waals surface area contributed by atoms with Crippen molar-refractivity contribution in [2.45, 2.75) is 24.8 Å². The van der Waals surface area contributed by atoms with Crippen molar-refractivity contribution in [1.82, 2.24) is 15.3 Å². The fourth-order valence-corrected chi connectivity index (χ4v) is 3.44. The Morgan fingerprint density at radius 3 is 2.75 bits per heavy atom. The minimum absolute atomic E-state index is 0.559. The van der Waals surface area contributed by atoms with E-state index in [1.54, 1.807) is 12.4 Å². The minimum Gasteiger partial charge on any atom is -0.317 e. The third-order valence-electron chi connectivity index (χ3n) is 2.90. The number of hydrogen-bond donors (Lipinski definition) is 1. The molecule has 4 nitrogen and oxygen atoms in total. The van der Waals surface area contributed by atoms with Crippen LogP contribution in [0.5, 0.6) is 0 Å². The summed E-state index contributed by atoms with van der Waals surface area (Å²) in [6.07, 6.45) is 5.49. The molecular formula is C11H17N3OS. The van der Waals surface area contributed by atoms with E-state index in [-0.39, 0.29) is 0 Å². The van der Waals surface area contributed by atoms with Crippen molar-refractivity contribution in [2.24, 2.45) is 5.92 Å². The lowest BCUT2D eigenvalue weighted by molar-refractivity contribution is 0.405. The van der Waals surface area contributed by atoms with E-state index in [9.17, 15) is 4.21 Å². The number of hydrogen-bond acceptors (Lipinski definition) is 4. The number of rotatable bonds is 3. The van der Waals surface area contributed by atoms with Gasteiger partial charge in [0.25, 0.3) is 0 Å². The molecule has 2 rings (SSSR count). The van der Waals surface area contributed by atoms with Gasteiger partial charge in [0, 0.05) is 18.1 Å². The highest BCUT2D eigenvalue weighted by Crippen LogP contribution is 2.16. The predicted molar refractivity (Wildman–Crippen MR) is 63.6 cm³/mol. The Labute approximate surface area is 98.3 Å². The summed E-state index contributed by atoms with van der Waals surface area (Å²) in [7, 11) is -0.994. The normalized spacial score (nSPS) is 19.6. The molecule has 0 saturated carbocycles. The van der Waals surface area contributed by atoms with Gasteiger partial charge in [-0.15, -0.1) is 0 Å². The van der Waals surface area contributed by atoms with E-state index in [0.29, 0.717) is 10.9 Å². The Hall–Kier alpha value is -0.810. The molecule has 1 atom stereocenters. The van der Waals surface area contributed by atoms with Gasteiger partial charge < -0.3 is 5.32 Å². The fourth-order valence-electron chi connectivity index (χ4n) is 1.96. The van der Waals surface area contributed by atoms with E-state index in [0.717, 1.165) is 37.4 Å². The van der Waals surface area contributed by atoms with Crippen LogP contribution < -0.4 is 5.32 Å². The molecule has 0 amide bonds. The highest BCUT2D eigenvalue weighted by molar-refractivity contribution is 7.85. The van der Waals surface area contributed by atoms with E-state index in [4.69, 9.17) is 0 Å². The molecule has 0 radical (unpaired) electrons. The van der Waals surface area contributed by atoms with Gasteiger partial charge in [0.1, 0.15) is 5.03 Å². The molecule has 1 aliphatic rings. The summed E-state index contributed by atoms with van der Waals surface area (Å²) >= 11 is 0. The smallest absolute Gasteiger partial charge is 0.148 e. The van der Waals surface area contributed by atoms with Crippen molar-refractivity contribution in [3.63, 3.8) is 0 Å². The maximum absolute atomic E-state index is 12.1. The van der Waals surface area contributed by atoms with Gasteiger partial charge in [-0.25, -0.2) is 4.98 Å². The molecule has 1 fully saturated rings. The molecule has 1 N–H and O–H groups in total. The van der Waals surface area contributed by atoms with Crippen molar-refractivity contribution in [3.05, 3.63) is 18.1 Å². The van der Waals surface area contributed by atoms with Crippen molar-refractivity contribution in [2.75, 3.05) is 18.8 Å². The van der Waals surface area contributed by atoms with Crippen LogP contribution >= 0.6 is 0 Å². The van der Waals surface area contributed by atoms with Crippen LogP contribution in [0.4, 0.5) is 0 Å². The van der Waals surface area contributed by atoms with Crippen molar-refractivity contribution in [3.8, 4) is 0 Å². The number of piperidine rings is 1. The highest BCUT2D eigenvalue weighted by Gasteiger charge is 2.18. The SMILES string of the molecule is Cc1nccnc1[S@](=O)CC1CCNCC1. The monoisotopic (exact) mass is 239 g/mol. The molecule has 1 saturated heterocycles. The Kier molecular flexibility index (Phi) is 4.01. The van der Waals surface area contributed by atoms with Crippen LogP contribution in [0.2, 0.25) is 0 Å². The van der Waals surface area contributed by atoms with Crippen LogP contribution in [0, 0.1) is 12.8 Å². The van der Waals surface area contributed by atoms with Crippen LogP contribution in [-0.4, -0.2) is 33.0 Å². The maximum Gasteiger partial charge on any atom is 0.148 e. The Balaban J connectivity index is 2.00. The van der Waals surface area contributed by atoms with Crippen molar-refractivity contribution in [1.29, 1.82) is 0 Å². The quantitative estimate of drug-likeness (QED) is 0.851. The summed E-state index contributed by atoms with van der Waals surface area (Å²) in [5, 5.41) is 3.97. The fraction of sp³-hybridized carbons (Fsp3) is 0.636. The van der Waals surface area contributed by atoms with E-state index in [2.05, 4.69) is 15.3 Å². The summed E-state index contributed by atoms with van der Waals surface area (Å²) in [6.45, 7) is 3.95. The minimum atomic E-state index is -0.994. The molecule has 1 aliphatic heterocycles. The Morgan fingerprint density at radius 2 is 2.06 bits per heavy atom. The van der Waals surface area contributed by atoms with Gasteiger partial charge in [0.2, 0.25) is 0 Å². The van der Waals surface area contributed by atoms with E-state index in [1.165, 1.54) is 0 Å². The van der Waals surface area contributed by atoms with Crippen LogP contribution in [0.3, 0.4) is 0 Å². The molecular weight excluding hydrogens is 222 g/mol. The van der Waals surface area contributed by atoms with E-state index < -0.39 is 10.8 Å². The maximum atomic E-state index is 12.1. The van der Waals surface area contributed by atoms with Crippen LogP contribution in [0.1, 0.15) is 18.5 Å². The second kappa shape index (κ2) is 5.50. The number of aryl methyl sites for hydroxylation is 1. The largest absolute Gasteiger partial charge is 0.317 e. The second-order valence-corrected chi connectivity index (χ2v) is 5.56. The third kappa shape index (κ3) is 2.86.